The number of hydrogen-bond donors (Lipinski definition) is 4. The molecule has 0 aliphatic carbocycles. The molecule has 11 heteroatoms. The predicted octanol–water partition coefficient (Wildman–Crippen LogP) is 2.83. The molecule has 1 saturated heterocycles. The first kappa shape index (κ1) is 22.6. The van der Waals surface area contributed by atoms with Crippen molar-refractivity contribution in [2.24, 2.45) is 4.99 Å². The van der Waals surface area contributed by atoms with Crippen LogP contribution in [-0.2, 0) is 9.59 Å². The Kier molecular flexibility index (Phi) is 6.59. The van der Waals surface area contributed by atoms with E-state index in [2.05, 4.69) is 10.3 Å². The fourth-order valence-corrected chi connectivity index (χ4v) is 3.45. The molecule has 1 heterocycles. The van der Waals surface area contributed by atoms with Crippen LogP contribution in [-0.4, -0.2) is 50.4 Å². The van der Waals surface area contributed by atoms with Gasteiger partial charge < -0.3 is 25.4 Å². The second kappa shape index (κ2) is 9.35. The van der Waals surface area contributed by atoms with E-state index in [1.165, 1.54) is 19.1 Å². The minimum Gasteiger partial charge on any atom is -0.479 e. The quantitative estimate of drug-likeness (QED) is 0.459. The van der Waals surface area contributed by atoms with Crippen LogP contribution in [0.3, 0.4) is 0 Å². The number of carbonyl (C=O) groups excluding carboxylic acids is 1. The molecule has 1 amide bonds. The van der Waals surface area contributed by atoms with Crippen LogP contribution < -0.4 is 10.1 Å². The van der Waals surface area contributed by atoms with Crippen molar-refractivity contribution >= 4 is 52.5 Å². The van der Waals surface area contributed by atoms with Gasteiger partial charge in [-0.3, -0.25) is 4.79 Å². The smallest absolute Gasteiger partial charge is 0.344 e. The molecule has 10 nitrogen and oxygen atoms in total. The monoisotopic (exact) mass is 456 g/mol. The number of aliphatic carboxylic acids is 1. The Morgan fingerprint density at radius 2 is 1.72 bits per heavy atom. The van der Waals surface area contributed by atoms with Gasteiger partial charge in [0.15, 0.2) is 11.3 Å². The van der Waals surface area contributed by atoms with Crippen molar-refractivity contribution in [3.8, 4) is 5.75 Å². The summed E-state index contributed by atoms with van der Waals surface area (Å²) >= 11 is 0.982. The number of carboxylic acid groups (broad SMARTS) is 3. The molecule has 1 unspecified atom stereocenters. The molecule has 1 fully saturated rings. The normalized spacial score (nSPS) is 16.6. The Hall–Kier alpha value is -4.12. The topological polar surface area (TPSA) is 163 Å². The molecule has 0 spiro atoms. The van der Waals surface area contributed by atoms with Gasteiger partial charge in [0, 0.05) is 0 Å². The van der Waals surface area contributed by atoms with E-state index >= 15 is 0 Å². The number of amides is 1. The third-order valence-electron chi connectivity index (χ3n) is 4.11. The molecule has 164 valence electrons. The zero-order valence-electron chi connectivity index (χ0n) is 16.4. The molecule has 2 aromatic rings. The summed E-state index contributed by atoms with van der Waals surface area (Å²) in [7, 11) is 0. The second-order valence-corrected chi connectivity index (χ2v) is 7.56. The summed E-state index contributed by atoms with van der Waals surface area (Å²) in [4.78, 5) is 50.1. The van der Waals surface area contributed by atoms with Crippen molar-refractivity contribution in [3.05, 3.63) is 64.1 Å². The first-order chi connectivity index (χ1) is 15.1. The van der Waals surface area contributed by atoms with E-state index in [9.17, 15) is 19.2 Å². The number of ether oxygens (including phenoxy) is 1. The minimum absolute atomic E-state index is 0.0596. The van der Waals surface area contributed by atoms with Gasteiger partial charge in [-0.25, -0.2) is 19.4 Å². The van der Waals surface area contributed by atoms with E-state index in [1.807, 2.05) is 0 Å². The van der Waals surface area contributed by atoms with E-state index < -0.39 is 29.9 Å². The maximum atomic E-state index is 12.3. The molecule has 1 atom stereocenters. The number of carboxylic acids is 3. The molecule has 3 rings (SSSR count). The highest BCUT2D eigenvalue weighted by molar-refractivity contribution is 8.18. The lowest BCUT2D eigenvalue weighted by Gasteiger charge is -2.10. The van der Waals surface area contributed by atoms with Gasteiger partial charge in [-0.2, -0.15) is 0 Å². The number of carbonyl (C=O) groups is 4. The Labute approximate surface area is 185 Å². The van der Waals surface area contributed by atoms with Crippen molar-refractivity contribution in [1.29, 1.82) is 0 Å². The Morgan fingerprint density at radius 1 is 1.06 bits per heavy atom. The van der Waals surface area contributed by atoms with Gasteiger partial charge >= 0.3 is 17.9 Å². The van der Waals surface area contributed by atoms with E-state index in [4.69, 9.17) is 20.1 Å². The summed E-state index contributed by atoms with van der Waals surface area (Å²) in [5, 5.41) is 30.0. The van der Waals surface area contributed by atoms with E-state index in [0.717, 1.165) is 17.8 Å². The van der Waals surface area contributed by atoms with Gasteiger partial charge in [0.2, 0.25) is 0 Å². The lowest BCUT2D eigenvalue weighted by atomic mass is 10.1. The number of amidine groups is 1. The van der Waals surface area contributed by atoms with Crippen molar-refractivity contribution in [1.82, 2.24) is 5.32 Å². The van der Waals surface area contributed by atoms with Crippen LogP contribution in [0.5, 0.6) is 5.75 Å². The highest BCUT2D eigenvalue weighted by Gasteiger charge is 2.24. The summed E-state index contributed by atoms with van der Waals surface area (Å²) in [6.07, 6.45) is 0.509. The van der Waals surface area contributed by atoms with Crippen LogP contribution in [0.2, 0.25) is 0 Å². The maximum absolute atomic E-state index is 12.3. The van der Waals surface area contributed by atoms with Crippen LogP contribution in [0.4, 0.5) is 5.69 Å². The van der Waals surface area contributed by atoms with Gasteiger partial charge in [-0.1, -0.05) is 12.1 Å². The number of nitrogens with one attached hydrogen (secondary N) is 1. The molecular formula is C21H16N2O8S. The highest BCUT2D eigenvalue weighted by Crippen LogP contribution is 2.29. The van der Waals surface area contributed by atoms with Gasteiger partial charge in [0.05, 0.1) is 21.7 Å². The van der Waals surface area contributed by atoms with Crippen LogP contribution in [0, 0.1) is 0 Å². The first-order valence-corrected chi connectivity index (χ1v) is 9.85. The number of aromatic carboxylic acids is 2. The second-order valence-electron chi connectivity index (χ2n) is 6.53. The zero-order chi connectivity index (χ0) is 23.4. The average Bonchev–Trinajstić information content (AvgIpc) is 3.06. The number of nitrogens with zero attached hydrogens (tertiary/aromatic N) is 1. The highest BCUT2D eigenvalue weighted by atomic mass is 32.2. The molecule has 1 aliphatic heterocycles. The molecular weight excluding hydrogens is 440 g/mol. The summed E-state index contributed by atoms with van der Waals surface area (Å²) in [5.74, 6) is -3.86. The predicted molar refractivity (Wildman–Crippen MR) is 115 cm³/mol. The Morgan fingerprint density at radius 3 is 2.31 bits per heavy atom. The third kappa shape index (κ3) is 5.52. The molecule has 2 aromatic carbocycles. The summed E-state index contributed by atoms with van der Waals surface area (Å²) in [5.41, 5.74) is 0.146. The van der Waals surface area contributed by atoms with Crippen LogP contribution in [0.15, 0.2) is 52.4 Å². The van der Waals surface area contributed by atoms with Crippen LogP contribution in [0.25, 0.3) is 6.08 Å². The Balaban J connectivity index is 1.85. The lowest BCUT2D eigenvalue weighted by molar-refractivity contribution is -0.144. The van der Waals surface area contributed by atoms with Crippen molar-refractivity contribution in [2.75, 3.05) is 0 Å². The van der Waals surface area contributed by atoms with Gasteiger partial charge in [0.1, 0.15) is 5.75 Å². The molecule has 0 saturated carbocycles. The minimum atomic E-state index is -1.31. The average molecular weight is 456 g/mol. The number of aliphatic imine (C=N–C) groups is 1. The largest absolute Gasteiger partial charge is 0.479 e. The number of benzene rings is 2. The van der Waals surface area contributed by atoms with Crippen molar-refractivity contribution < 1.29 is 39.2 Å². The number of rotatable bonds is 7. The van der Waals surface area contributed by atoms with Gasteiger partial charge in [0.25, 0.3) is 5.91 Å². The van der Waals surface area contributed by atoms with Crippen LogP contribution in [0.1, 0.15) is 33.2 Å². The number of hydrogen-bond acceptors (Lipinski definition) is 7. The van der Waals surface area contributed by atoms with Crippen molar-refractivity contribution in [2.45, 2.75) is 13.0 Å². The van der Waals surface area contributed by atoms with Crippen molar-refractivity contribution in [3.63, 3.8) is 0 Å². The summed E-state index contributed by atoms with van der Waals surface area (Å²) < 4.78 is 5.31. The van der Waals surface area contributed by atoms with Gasteiger partial charge in [-0.15, -0.1) is 0 Å². The fraction of sp³-hybridized carbons (Fsp3) is 0.0952. The molecule has 0 aromatic heterocycles. The summed E-state index contributed by atoms with van der Waals surface area (Å²) in [6.45, 7) is 1.39. The lowest BCUT2D eigenvalue weighted by Crippen LogP contribution is -2.22. The van der Waals surface area contributed by atoms with E-state index in [-0.39, 0.29) is 26.9 Å². The fourth-order valence-electron chi connectivity index (χ4n) is 2.60. The molecule has 1 aliphatic rings. The standard InChI is InChI=1S/C21H16N2O8S/c1-10(18(25)26)31-15-4-2-3-11(5-15)6-16-17(24)23-21(32-16)22-14-8-12(19(27)28)7-13(9-14)20(29)30/h2-10H,1H3,(H,25,26)(H,27,28)(H,29,30)(H,22,23,24)/b16-6-. The van der Waals surface area contributed by atoms with E-state index in [0.29, 0.717) is 11.3 Å². The Bertz CT molecular complexity index is 1160. The van der Waals surface area contributed by atoms with Crippen LogP contribution >= 0.6 is 11.8 Å². The third-order valence-corrected chi connectivity index (χ3v) is 5.02. The molecule has 4 N–H and O–H groups in total. The first-order valence-electron chi connectivity index (χ1n) is 9.03. The number of thioether (sulfide) groups is 1. The SMILES string of the molecule is CC(Oc1cccc(/C=C2\SC(=Nc3cc(C(=O)O)cc(C(=O)O)c3)NC2=O)c1)C(=O)O. The summed E-state index contributed by atoms with van der Waals surface area (Å²) in [6, 6.07) is 9.91. The van der Waals surface area contributed by atoms with Gasteiger partial charge in [-0.05, 0) is 60.7 Å². The molecule has 32 heavy (non-hydrogen) atoms. The zero-order valence-corrected chi connectivity index (χ0v) is 17.3. The van der Waals surface area contributed by atoms with E-state index in [1.54, 1.807) is 30.3 Å². The molecule has 0 radical (unpaired) electrons. The molecule has 0 bridgehead atoms. The maximum Gasteiger partial charge on any atom is 0.344 e.